The molecule has 0 amide bonds. The third kappa shape index (κ3) is 2.47. The molecule has 102 valence electrons. The molecular formula is C18H19NO. The maximum Gasteiger partial charge on any atom is 0.0491 e. The number of hydrogen-bond acceptors (Lipinski definition) is 1. The molecule has 0 bridgehead atoms. The van der Waals surface area contributed by atoms with Crippen LogP contribution < -0.4 is 0 Å². The van der Waals surface area contributed by atoms with E-state index in [1.807, 2.05) is 6.07 Å². The van der Waals surface area contributed by atoms with Crippen LogP contribution in [0.2, 0.25) is 0 Å². The number of fused-ring (bicyclic) bond motifs is 1. The zero-order valence-corrected chi connectivity index (χ0v) is 11.5. The van der Waals surface area contributed by atoms with Crippen LogP contribution in [0.25, 0.3) is 22.2 Å². The predicted octanol–water partition coefficient (Wildman–Crippen LogP) is 4.08. The number of rotatable bonds is 5. The van der Waals surface area contributed by atoms with Gasteiger partial charge in [0, 0.05) is 29.7 Å². The highest BCUT2D eigenvalue weighted by Crippen LogP contribution is 2.28. The lowest BCUT2D eigenvalue weighted by Gasteiger charge is -2.10. The van der Waals surface area contributed by atoms with Crippen LogP contribution in [0.4, 0.5) is 0 Å². The maximum atomic E-state index is 8.99. The number of nitrogens with zero attached hydrogens (tertiary/aromatic N) is 1. The molecule has 3 rings (SSSR count). The number of aryl methyl sites for hydroxylation is 1. The Bertz CT molecular complexity index is 685. The van der Waals surface area contributed by atoms with Gasteiger partial charge < -0.3 is 9.67 Å². The second-order valence-corrected chi connectivity index (χ2v) is 5.04. The van der Waals surface area contributed by atoms with E-state index < -0.39 is 0 Å². The summed E-state index contributed by atoms with van der Waals surface area (Å²) in [6.07, 6.45) is 1.84. The fourth-order valence-corrected chi connectivity index (χ4v) is 2.68. The van der Waals surface area contributed by atoms with Crippen molar-refractivity contribution in [3.63, 3.8) is 0 Å². The Labute approximate surface area is 119 Å². The molecule has 0 fully saturated rings. The average molecular weight is 265 g/mol. The number of benzene rings is 2. The van der Waals surface area contributed by atoms with E-state index in [4.69, 9.17) is 5.11 Å². The van der Waals surface area contributed by atoms with E-state index >= 15 is 0 Å². The van der Waals surface area contributed by atoms with Crippen LogP contribution >= 0.6 is 0 Å². The first-order chi connectivity index (χ1) is 9.90. The van der Waals surface area contributed by atoms with Gasteiger partial charge in [0.25, 0.3) is 0 Å². The van der Waals surface area contributed by atoms with Gasteiger partial charge in [-0.2, -0.15) is 0 Å². The van der Waals surface area contributed by atoms with Crippen molar-refractivity contribution < 1.29 is 5.11 Å². The van der Waals surface area contributed by atoms with Crippen LogP contribution in [0, 0.1) is 0 Å². The molecule has 0 aliphatic rings. The fraction of sp³-hybridized carbons (Fsp3) is 0.222. The molecular weight excluding hydrogens is 246 g/mol. The second kappa shape index (κ2) is 5.93. The van der Waals surface area contributed by atoms with E-state index in [2.05, 4.69) is 59.2 Å². The van der Waals surface area contributed by atoms with Crippen molar-refractivity contribution in [3.05, 3.63) is 60.7 Å². The third-order valence-electron chi connectivity index (χ3n) is 3.67. The Morgan fingerprint density at radius 3 is 2.40 bits per heavy atom. The van der Waals surface area contributed by atoms with Crippen molar-refractivity contribution in [2.45, 2.75) is 19.4 Å². The number of aliphatic hydroxyl groups is 1. The minimum absolute atomic E-state index is 0.264. The van der Waals surface area contributed by atoms with E-state index in [1.54, 1.807) is 0 Å². The van der Waals surface area contributed by atoms with Crippen LogP contribution in [-0.4, -0.2) is 16.3 Å². The first kappa shape index (κ1) is 12.9. The first-order valence-corrected chi connectivity index (χ1v) is 7.15. The van der Waals surface area contributed by atoms with Gasteiger partial charge in [0.05, 0.1) is 0 Å². The summed E-state index contributed by atoms with van der Waals surface area (Å²) in [6.45, 7) is 1.21. The summed E-state index contributed by atoms with van der Waals surface area (Å²) in [4.78, 5) is 0. The predicted molar refractivity (Wildman–Crippen MR) is 83.7 cm³/mol. The van der Waals surface area contributed by atoms with E-state index in [-0.39, 0.29) is 6.61 Å². The summed E-state index contributed by atoms with van der Waals surface area (Å²) >= 11 is 0. The van der Waals surface area contributed by atoms with Crippen LogP contribution in [0.1, 0.15) is 12.8 Å². The molecule has 2 nitrogen and oxygen atoms in total. The second-order valence-electron chi connectivity index (χ2n) is 5.04. The Morgan fingerprint density at radius 2 is 1.60 bits per heavy atom. The lowest BCUT2D eigenvalue weighted by molar-refractivity contribution is 0.281. The van der Waals surface area contributed by atoms with Crippen molar-refractivity contribution in [2.75, 3.05) is 6.61 Å². The number of aliphatic hydroxyl groups excluding tert-OH is 1. The molecule has 1 N–H and O–H groups in total. The quantitative estimate of drug-likeness (QED) is 0.691. The third-order valence-corrected chi connectivity index (χ3v) is 3.67. The number of para-hydroxylation sites is 1. The Kier molecular flexibility index (Phi) is 3.84. The van der Waals surface area contributed by atoms with E-state index in [0.29, 0.717) is 0 Å². The highest BCUT2D eigenvalue weighted by molar-refractivity contribution is 5.87. The summed E-state index contributed by atoms with van der Waals surface area (Å²) in [5.41, 5.74) is 3.77. The number of aromatic nitrogens is 1. The molecule has 0 atom stereocenters. The summed E-state index contributed by atoms with van der Waals surface area (Å²) in [5.74, 6) is 0. The van der Waals surface area contributed by atoms with Crippen molar-refractivity contribution in [1.82, 2.24) is 4.57 Å². The monoisotopic (exact) mass is 265 g/mol. The molecule has 0 aliphatic heterocycles. The highest BCUT2D eigenvalue weighted by Gasteiger charge is 2.09. The number of hydrogen-bond donors (Lipinski definition) is 1. The molecule has 20 heavy (non-hydrogen) atoms. The van der Waals surface area contributed by atoms with Gasteiger partial charge in [-0.25, -0.2) is 0 Å². The lowest BCUT2D eigenvalue weighted by Crippen LogP contribution is -2.01. The largest absolute Gasteiger partial charge is 0.396 e. The standard InChI is InChI=1S/C18H19NO/c20-13-7-6-12-19-17-11-5-4-10-16(17)14-18(19)15-8-2-1-3-9-15/h1-5,8-11,14,20H,6-7,12-13H2. The van der Waals surface area contributed by atoms with E-state index in [9.17, 15) is 0 Å². The van der Waals surface area contributed by atoms with Crippen LogP contribution in [-0.2, 0) is 6.54 Å². The molecule has 3 aromatic rings. The van der Waals surface area contributed by atoms with Gasteiger partial charge in [0.15, 0.2) is 0 Å². The van der Waals surface area contributed by atoms with Crippen LogP contribution in [0.15, 0.2) is 60.7 Å². The Balaban J connectivity index is 2.08. The fourth-order valence-electron chi connectivity index (χ4n) is 2.68. The summed E-state index contributed by atoms with van der Waals surface area (Å²) in [5, 5.41) is 10.3. The minimum atomic E-state index is 0.264. The molecule has 1 heterocycles. The van der Waals surface area contributed by atoms with Crippen molar-refractivity contribution in [2.24, 2.45) is 0 Å². The Morgan fingerprint density at radius 1 is 0.850 bits per heavy atom. The molecule has 1 aromatic heterocycles. The van der Waals surface area contributed by atoms with E-state index in [0.717, 1.165) is 19.4 Å². The van der Waals surface area contributed by atoms with Crippen LogP contribution in [0.5, 0.6) is 0 Å². The molecule has 0 spiro atoms. The van der Waals surface area contributed by atoms with Gasteiger partial charge in [-0.05, 0) is 30.5 Å². The summed E-state index contributed by atoms with van der Waals surface area (Å²) in [6, 6.07) is 21.2. The minimum Gasteiger partial charge on any atom is -0.396 e. The Hall–Kier alpha value is -2.06. The smallest absolute Gasteiger partial charge is 0.0491 e. The first-order valence-electron chi connectivity index (χ1n) is 7.15. The zero-order valence-electron chi connectivity index (χ0n) is 11.5. The molecule has 0 aliphatic carbocycles. The average Bonchev–Trinajstić information content (AvgIpc) is 2.87. The lowest BCUT2D eigenvalue weighted by atomic mass is 10.1. The van der Waals surface area contributed by atoms with Gasteiger partial charge in [0.1, 0.15) is 0 Å². The van der Waals surface area contributed by atoms with Crippen molar-refractivity contribution >= 4 is 10.9 Å². The molecule has 2 heteroatoms. The van der Waals surface area contributed by atoms with Gasteiger partial charge in [-0.3, -0.25) is 0 Å². The SMILES string of the molecule is OCCCCn1c(-c2ccccc2)cc2ccccc21. The van der Waals surface area contributed by atoms with Crippen LogP contribution in [0.3, 0.4) is 0 Å². The molecule has 2 aromatic carbocycles. The van der Waals surface area contributed by atoms with Gasteiger partial charge in [-0.1, -0.05) is 48.5 Å². The summed E-state index contributed by atoms with van der Waals surface area (Å²) < 4.78 is 2.36. The van der Waals surface area contributed by atoms with E-state index in [1.165, 1.54) is 22.2 Å². The molecule has 0 saturated heterocycles. The normalized spacial score (nSPS) is 11.1. The van der Waals surface area contributed by atoms with Crippen molar-refractivity contribution in [3.8, 4) is 11.3 Å². The van der Waals surface area contributed by atoms with Gasteiger partial charge >= 0.3 is 0 Å². The highest BCUT2D eigenvalue weighted by atomic mass is 16.2. The van der Waals surface area contributed by atoms with Crippen molar-refractivity contribution in [1.29, 1.82) is 0 Å². The topological polar surface area (TPSA) is 25.2 Å². The molecule has 0 unspecified atom stereocenters. The number of unbranched alkanes of at least 4 members (excludes halogenated alkanes) is 1. The molecule has 0 radical (unpaired) electrons. The van der Waals surface area contributed by atoms with Gasteiger partial charge in [0.2, 0.25) is 0 Å². The maximum absolute atomic E-state index is 8.99. The molecule has 0 saturated carbocycles. The zero-order chi connectivity index (χ0) is 13.8. The summed E-state index contributed by atoms with van der Waals surface area (Å²) in [7, 11) is 0. The van der Waals surface area contributed by atoms with Gasteiger partial charge in [-0.15, -0.1) is 0 Å².